The molecule has 2 aliphatic heterocycles. The van der Waals surface area contributed by atoms with Crippen molar-refractivity contribution in [3.05, 3.63) is 23.8 Å². The predicted molar refractivity (Wildman–Crippen MR) is 98.7 cm³/mol. The lowest BCUT2D eigenvalue weighted by Crippen LogP contribution is -2.58. The molecule has 26 heavy (non-hydrogen) atoms. The lowest BCUT2D eigenvalue weighted by molar-refractivity contribution is -0.153. The number of ether oxygens (including phenoxy) is 3. The summed E-state index contributed by atoms with van der Waals surface area (Å²) in [6.45, 7) is 8.67. The van der Waals surface area contributed by atoms with E-state index in [2.05, 4.69) is 26.0 Å². The largest absolute Gasteiger partial charge is 0.486 e. The molecule has 142 valence electrons. The first-order valence-electron chi connectivity index (χ1n) is 9.76. The van der Waals surface area contributed by atoms with Gasteiger partial charge in [-0.05, 0) is 63.1 Å². The van der Waals surface area contributed by atoms with E-state index in [0.29, 0.717) is 38.7 Å². The van der Waals surface area contributed by atoms with Crippen LogP contribution < -0.4 is 9.47 Å². The van der Waals surface area contributed by atoms with Gasteiger partial charge in [0, 0.05) is 13.0 Å². The van der Waals surface area contributed by atoms with Gasteiger partial charge in [0.15, 0.2) is 11.5 Å². The fraction of sp³-hybridized carbons (Fsp3) is 0.667. The van der Waals surface area contributed by atoms with E-state index >= 15 is 0 Å². The molecule has 2 heterocycles. The molecule has 0 spiro atoms. The fourth-order valence-corrected chi connectivity index (χ4v) is 4.06. The van der Waals surface area contributed by atoms with Crippen molar-refractivity contribution in [2.75, 3.05) is 26.4 Å². The number of rotatable bonds is 4. The standard InChI is InChI=1S/C21H29NO4/c1-14-12-22(21(2,3)13-26-14)20(23)11-17(15-4-5-15)16-6-7-18-19(10-16)25-9-8-24-18/h6-7,10,14-15,17H,4-5,8-9,11-13H2,1-3H3. The van der Waals surface area contributed by atoms with E-state index in [1.807, 2.05) is 17.9 Å². The molecule has 5 heteroatoms. The van der Waals surface area contributed by atoms with Crippen LogP contribution >= 0.6 is 0 Å². The van der Waals surface area contributed by atoms with Crippen molar-refractivity contribution in [3.8, 4) is 11.5 Å². The average molecular weight is 359 g/mol. The first-order chi connectivity index (χ1) is 12.4. The molecule has 1 saturated heterocycles. The van der Waals surface area contributed by atoms with E-state index < -0.39 is 0 Å². The third-order valence-corrected chi connectivity index (χ3v) is 5.77. The molecule has 1 aromatic carbocycles. The quantitative estimate of drug-likeness (QED) is 0.827. The van der Waals surface area contributed by atoms with Crippen LogP contribution in [0.25, 0.3) is 0 Å². The minimum Gasteiger partial charge on any atom is -0.486 e. The van der Waals surface area contributed by atoms with Crippen LogP contribution in [0.3, 0.4) is 0 Å². The number of amides is 1. The smallest absolute Gasteiger partial charge is 0.223 e. The van der Waals surface area contributed by atoms with Crippen LogP contribution in [0.4, 0.5) is 0 Å². The highest BCUT2D eigenvalue weighted by Crippen LogP contribution is 2.47. The van der Waals surface area contributed by atoms with E-state index in [9.17, 15) is 4.79 Å². The maximum atomic E-state index is 13.2. The highest BCUT2D eigenvalue weighted by molar-refractivity contribution is 5.78. The molecule has 2 fully saturated rings. The van der Waals surface area contributed by atoms with Crippen molar-refractivity contribution in [1.82, 2.24) is 4.90 Å². The van der Waals surface area contributed by atoms with Crippen LogP contribution in [0.1, 0.15) is 51.5 Å². The van der Waals surface area contributed by atoms with E-state index in [0.717, 1.165) is 11.5 Å². The molecule has 1 amide bonds. The molecule has 5 nitrogen and oxygen atoms in total. The van der Waals surface area contributed by atoms with Gasteiger partial charge in [-0.2, -0.15) is 0 Å². The first kappa shape index (κ1) is 17.7. The summed E-state index contributed by atoms with van der Waals surface area (Å²) in [4.78, 5) is 15.2. The molecule has 0 N–H and O–H groups in total. The van der Waals surface area contributed by atoms with Gasteiger partial charge in [0.1, 0.15) is 13.2 Å². The summed E-state index contributed by atoms with van der Waals surface area (Å²) >= 11 is 0. The molecule has 0 radical (unpaired) electrons. The highest BCUT2D eigenvalue weighted by atomic mass is 16.6. The molecule has 1 aromatic rings. The Morgan fingerprint density at radius 2 is 1.96 bits per heavy atom. The van der Waals surface area contributed by atoms with Gasteiger partial charge in [-0.25, -0.2) is 0 Å². The summed E-state index contributed by atoms with van der Waals surface area (Å²) in [5.74, 6) is 2.71. The van der Waals surface area contributed by atoms with Crippen LogP contribution in [0.5, 0.6) is 11.5 Å². The summed E-state index contributed by atoms with van der Waals surface area (Å²) in [7, 11) is 0. The first-order valence-corrected chi connectivity index (χ1v) is 9.76. The van der Waals surface area contributed by atoms with E-state index in [1.165, 1.54) is 18.4 Å². The minimum atomic E-state index is -0.246. The second-order valence-corrected chi connectivity index (χ2v) is 8.49. The van der Waals surface area contributed by atoms with Crippen molar-refractivity contribution >= 4 is 5.91 Å². The van der Waals surface area contributed by atoms with Gasteiger partial charge in [-0.15, -0.1) is 0 Å². The van der Waals surface area contributed by atoms with Gasteiger partial charge in [0.05, 0.1) is 18.2 Å². The summed E-state index contributed by atoms with van der Waals surface area (Å²) in [6.07, 6.45) is 3.06. The zero-order valence-electron chi connectivity index (χ0n) is 16.0. The van der Waals surface area contributed by atoms with Crippen LogP contribution in [0, 0.1) is 5.92 Å². The average Bonchev–Trinajstić information content (AvgIpc) is 3.46. The molecule has 0 aromatic heterocycles. The third-order valence-electron chi connectivity index (χ3n) is 5.77. The topological polar surface area (TPSA) is 48.0 Å². The molecule has 2 atom stereocenters. The molecular weight excluding hydrogens is 330 g/mol. The number of carbonyl (C=O) groups is 1. The summed E-state index contributed by atoms with van der Waals surface area (Å²) in [5.41, 5.74) is 0.953. The maximum absolute atomic E-state index is 13.2. The van der Waals surface area contributed by atoms with Gasteiger partial charge >= 0.3 is 0 Å². The number of morpholine rings is 1. The molecule has 1 aliphatic carbocycles. The van der Waals surface area contributed by atoms with Crippen LogP contribution in [0.2, 0.25) is 0 Å². The van der Waals surface area contributed by atoms with Gasteiger partial charge in [-0.1, -0.05) is 6.07 Å². The number of hydrogen-bond acceptors (Lipinski definition) is 4. The summed E-state index contributed by atoms with van der Waals surface area (Å²) < 4.78 is 17.1. The van der Waals surface area contributed by atoms with Crippen LogP contribution in [-0.4, -0.2) is 48.8 Å². The van der Waals surface area contributed by atoms with Crippen LogP contribution in [-0.2, 0) is 9.53 Å². The second kappa shape index (κ2) is 6.76. The van der Waals surface area contributed by atoms with E-state index in [1.54, 1.807) is 0 Å². The Morgan fingerprint density at radius 1 is 1.23 bits per heavy atom. The van der Waals surface area contributed by atoms with Crippen molar-refractivity contribution < 1.29 is 19.0 Å². The monoisotopic (exact) mass is 359 g/mol. The Balaban J connectivity index is 1.53. The summed E-state index contributed by atoms with van der Waals surface area (Å²) in [5, 5.41) is 0. The van der Waals surface area contributed by atoms with Gasteiger partial charge < -0.3 is 19.1 Å². The van der Waals surface area contributed by atoms with Crippen molar-refractivity contribution in [2.45, 2.75) is 57.6 Å². The molecule has 1 saturated carbocycles. The molecule has 4 rings (SSSR count). The summed E-state index contributed by atoms with van der Waals surface area (Å²) in [6, 6.07) is 6.18. The van der Waals surface area contributed by atoms with Gasteiger partial charge in [-0.3, -0.25) is 4.79 Å². The van der Waals surface area contributed by atoms with Crippen molar-refractivity contribution in [1.29, 1.82) is 0 Å². The molecular formula is C21H29NO4. The van der Waals surface area contributed by atoms with Gasteiger partial charge in [0.2, 0.25) is 5.91 Å². The zero-order chi connectivity index (χ0) is 18.3. The third kappa shape index (κ3) is 3.54. The van der Waals surface area contributed by atoms with Crippen molar-refractivity contribution in [2.24, 2.45) is 5.92 Å². The van der Waals surface area contributed by atoms with Crippen molar-refractivity contribution in [3.63, 3.8) is 0 Å². The molecule has 3 aliphatic rings. The Kier molecular flexibility index (Phi) is 4.59. The number of hydrogen-bond donors (Lipinski definition) is 0. The fourth-order valence-electron chi connectivity index (χ4n) is 4.06. The Bertz CT molecular complexity index is 683. The molecule has 2 unspecified atom stereocenters. The molecule has 0 bridgehead atoms. The number of carbonyl (C=O) groups excluding carboxylic acids is 1. The SMILES string of the molecule is CC1CN(C(=O)CC(c2ccc3c(c2)OCCO3)C2CC2)C(C)(C)CO1. The maximum Gasteiger partial charge on any atom is 0.223 e. The normalized spacial score (nSPS) is 25.7. The number of benzene rings is 1. The zero-order valence-corrected chi connectivity index (χ0v) is 16.0. The van der Waals surface area contributed by atoms with Crippen LogP contribution in [0.15, 0.2) is 18.2 Å². The minimum absolute atomic E-state index is 0.0978. The Labute approximate surface area is 155 Å². The highest BCUT2D eigenvalue weighted by Gasteiger charge is 2.40. The van der Waals surface area contributed by atoms with Gasteiger partial charge in [0.25, 0.3) is 0 Å². The number of fused-ring (bicyclic) bond motifs is 1. The Morgan fingerprint density at radius 3 is 2.69 bits per heavy atom. The Hall–Kier alpha value is -1.75. The second-order valence-electron chi connectivity index (χ2n) is 8.49. The lowest BCUT2D eigenvalue weighted by atomic mass is 9.89. The van der Waals surface area contributed by atoms with E-state index in [-0.39, 0.29) is 23.5 Å². The predicted octanol–water partition coefficient (Wildman–Crippen LogP) is 3.37. The number of nitrogens with zero attached hydrogens (tertiary/aromatic N) is 1. The lowest BCUT2D eigenvalue weighted by Gasteiger charge is -2.45. The van der Waals surface area contributed by atoms with E-state index in [4.69, 9.17) is 14.2 Å².